The molecule has 35 heavy (non-hydrogen) atoms. The van der Waals surface area contributed by atoms with E-state index in [1.807, 2.05) is 78.9 Å². The number of amides is 2. The monoisotopic (exact) mass is 534 g/mol. The maximum atomic E-state index is 13.5. The zero-order chi connectivity index (χ0) is 24.4. The average molecular weight is 535 g/mol. The summed E-state index contributed by atoms with van der Waals surface area (Å²) in [5.74, 6) is -0.299. The van der Waals surface area contributed by atoms with Gasteiger partial charge in [0.15, 0.2) is 0 Å². The lowest BCUT2D eigenvalue weighted by Gasteiger charge is -2.31. The van der Waals surface area contributed by atoms with Gasteiger partial charge in [0.05, 0.1) is 16.3 Å². The van der Waals surface area contributed by atoms with Gasteiger partial charge in [0, 0.05) is 27.8 Å². The molecule has 1 fully saturated rings. The van der Waals surface area contributed by atoms with Gasteiger partial charge in [0.25, 0.3) is 5.91 Å². The summed E-state index contributed by atoms with van der Waals surface area (Å²) in [5.41, 5.74) is 2.61. The van der Waals surface area contributed by atoms with E-state index in [1.165, 1.54) is 16.7 Å². The number of allylic oxidation sites excluding steroid dienone is 2. The molecular formula is C27H19ClN2O2S3. The summed E-state index contributed by atoms with van der Waals surface area (Å²) in [6.45, 7) is 0.213. The fraction of sp³-hybridized carbons (Fsp3) is 0.0741. The van der Waals surface area contributed by atoms with Crippen molar-refractivity contribution in [1.29, 1.82) is 0 Å². The largest absolute Gasteiger partial charge is 0.292 e. The molecule has 2 amide bonds. The molecule has 0 aliphatic carbocycles. The van der Waals surface area contributed by atoms with E-state index in [-0.39, 0.29) is 24.8 Å². The van der Waals surface area contributed by atoms with Gasteiger partial charge in [0.1, 0.15) is 4.32 Å². The Morgan fingerprint density at radius 1 is 0.943 bits per heavy atom. The van der Waals surface area contributed by atoms with E-state index in [0.29, 0.717) is 14.2 Å². The topological polar surface area (TPSA) is 40.6 Å². The Hall–Kier alpha value is -2.84. The van der Waals surface area contributed by atoms with E-state index in [0.717, 1.165) is 26.7 Å². The molecule has 5 rings (SSSR count). The molecule has 174 valence electrons. The van der Waals surface area contributed by atoms with Crippen molar-refractivity contribution in [2.24, 2.45) is 0 Å². The summed E-state index contributed by atoms with van der Waals surface area (Å²) in [7, 11) is 0. The Bertz CT molecular complexity index is 1390. The highest BCUT2D eigenvalue weighted by atomic mass is 35.5. The molecule has 0 N–H and O–H groups in total. The first-order chi connectivity index (χ1) is 17.0. The van der Waals surface area contributed by atoms with Crippen molar-refractivity contribution < 1.29 is 9.59 Å². The lowest BCUT2D eigenvalue weighted by molar-refractivity contribution is -0.123. The minimum atomic E-state index is -0.177. The van der Waals surface area contributed by atoms with Crippen molar-refractivity contribution >= 4 is 80.9 Å². The van der Waals surface area contributed by atoms with Gasteiger partial charge in [-0.05, 0) is 42.0 Å². The zero-order valence-electron chi connectivity index (χ0n) is 18.4. The predicted octanol–water partition coefficient (Wildman–Crippen LogP) is 7.32. The molecule has 0 spiro atoms. The van der Waals surface area contributed by atoms with Crippen molar-refractivity contribution in [2.45, 2.75) is 16.2 Å². The number of halogens is 1. The first-order valence-corrected chi connectivity index (χ1v) is 13.3. The molecule has 0 atom stereocenters. The van der Waals surface area contributed by atoms with Crippen molar-refractivity contribution in [2.75, 3.05) is 11.4 Å². The van der Waals surface area contributed by atoms with Crippen LogP contribution in [0, 0.1) is 0 Å². The second-order valence-electron chi connectivity index (χ2n) is 7.79. The van der Waals surface area contributed by atoms with Crippen LogP contribution in [-0.4, -0.2) is 27.6 Å². The lowest BCUT2D eigenvalue weighted by Crippen LogP contribution is -2.35. The molecule has 3 aromatic rings. The van der Waals surface area contributed by atoms with Gasteiger partial charge in [-0.25, -0.2) is 0 Å². The minimum Gasteiger partial charge on any atom is -0.292 e. The summed E-state index contributed by atoms with van der Waals surface area (Å²) >= 11 is 14.6. The molecule has 1 saturated heterocycles. The predicted molar refractivity (Wildman–Crippen MR) is 149 cm³/mol. The summed E-state index contributed by atoms with van der Waals surface area (Å²) in [4.78, 5) is 32.1. The fourth-order valence-corrected chi connectivity index (χ4v) is 6.30. The van der Waals surface area contributed by atoms with E-state index in [1.54, 1.807) is 28.8 Å². The van der Waals surface area contributed by atoms with Crippen molar-refractivity contribution in [3.05, 3.63) is 100 Å². The van der Waals surface area contributed by atoms with Gasteiger partial charge in [-0.1, -0.05) is 102 Å². The highest BCUT2D eigenvalue weighted by molar-refractivity contribution is 8.26. The van der Waals surface area contributed by atoms with E-state index in [9.17, 15) is 9.59 Å². The van der Waals surface area contributed by atoms with Crippen LogP contribution in [0.2, 0.25) is 5.02 Å². The van der Waals surface area contributed by atoms with Crippen LogP contribution in [0.3, 0.4) is 0 Å². The van der Waals surface area contributed by atoms with Crippen LogP contribution >= 0.6 is 47.3 Å². The zero-order valence-corrected chi connectivity index (χ0v) is 21.6. The Morgan fingerprint density at radius 2 is 1.69 bits per heavy atom. The van der Waals surface area contributed by atoms with E-state index < -0.39 is 0 Å². The maximum absolute atomic E-state index is 13.5. The quantitative estimate of drug-likeness (QED) is 0.253. The Balaban J connectivity index is 1.31. The molecule has 2 aliphatic heterocycles. The number of para-hydroxylation sites is 1. The number of fused-ring (bicyclic) bond motifs is 2. The molecule has 0 aromatic heterocycles. The Kier molecular flexibility index (Phi) is 7.11. The van der Waals surface area contributed by atoms with Gasteiger partial charge in [-0.3, -0.25) is 19.4 Å². The molecule has 3 aromatic carbocycles. The number of rotatable bonds is 5. The van der Waals surface area contributed by atoms with Gasteiger partial charge in [-0.15, -0.1) is 0 Å². The normalized spacial score (nSPS) is 16.2. The fourth-order valence-electron chi connectivity index (χ4n) is 3.83. The van der Waals surface area contributed by atoms with Crippen LogP contribution in [0.4, 0.5) is 11.4 Å². The van der Waals surface area contributed by atoms with Crippen LogP contribution in [0.25, 0.3) is 6.08 Å². The summed E-state index contributed by atoms with van der Waals surface area (Å²) in [6, 6.07) is 23.2. The van der Waals surface area contributed by atoms with Crippen molar-refractivity contribution in [1.82, 2.24) is 4.90 Å². The molecule has 8 heteroatoms. The van der Waals surface area contributed by atoms with Crippen LogP contribution in [0.5, 0.6) is 0 Å². The number of thiocarbonyl (C=S) groups is 1. The summed E-state index contributed by atoms with van der Waals surface area (Å²) in [6.07, 6.45) is 5.68. The molecule has 0 saturated carbocycles. The van der Waals surface area contributed by atoms with E-state index in [2.05, 4.69) is 0 Å². The summed E-state index contributed by atoms with van der Waals surface area (Å²) < 4.78 is 0.459. The van der Waals surface area contributed by atoms with Crippen molar-refractivity contribution in [3.63, 3.8) is 0 Å². The second kappa shape index (κ2) is 10.4. The van der Waals surface area contributed by atoms with Gasteiger partial charge in [-0.2, -0.15) is 0 Å². The van der Waals surface area contributed by atoms with Crippen LogP contribution in [0.1, 0.15) is 12.0 Å². The number of hydrogen-bond acceptors (Lipinski definition) is 5. The maximum Gasteiger partial charge on any atom is 0.266 e. The van der Waals surface area contributed by atoms with Gasteiger partial charge >= 0.3 is 0 Å². The number of nitrogens with zero attached hydrogens (tertiary/aromatic N) is 2. The van der Waals surface area contributed by atoms with E-state index >= 15 is 0 Å². The number of benzene rings is 3. The van der Waals surface area contributed by atoms with Crippen LogP contribution in [-0.2, 0) is 9.59 Å². The number of thioether (sulfide) groups is 1. The number of carbonyl (C=O) groups is 2. The molecule has 0 bridgehead atoms. The van der Waals surface area contributed by atoms with Gasteiger partial charge < -0.3 is 0 Å². The lowest BCUT2D eigenvalue weighted by atomic mass is 10.2. The first-order valence-electron chi connectivity index (χ1n) is 10.9. The third kappa shape index (κ3) is 5.09. The van der Waals surface area contributed by atoms with E-state index in [4.69, 9.17) is 23.8 Å². The number of hydrogen-bond donors (Lipinski definition) is 0. The molecule has 0 unspecified atom stereocenters. The smallest absolute Gasteiger partial charge is 0.266 e. The third-order valence-electron chi connectivity index (χ3n) is 5.50. The molecule has 2 aliphatic rings. The number of anilines is 2. The SMILES string of the molecule is O=C1/C(=C/C=C/c2ccccc2)SC(=S)N1CCC(=O)N1c2ccccc2Sc2ccc(Cl)cc21. The molecular weight excluding hydrogens is 516 g/mol. The third-order valence-corrected chi connectivity index (χ3v) is 8.26. The Morgan fingerprint density at radius 3 is 2.51 bits per heavy atom. The highest BCUT2D eigenvalue weighted by Crippen LogP contribution is 2.49. The minimum absolute atomic E-state index is 0.122. The molecule has 2 heterocycles. The highest BCUT2D eigenvalue weighted by Gasteiger charge is 2.33. The van der Waals surface area contributed by atoms with Crippen molar-refractivity contribution in [3.8, 4) is 0 Å². The first kappa shape index (κ1) is 23.9. The van der Waals surface area contributed by atoms with Crippen LogP contribution < -0.4 is 4.90 Å². The molecule has 0 radical (unpaired) electrons. The summed E-state index contributed by atoms with van der Waals surface area (Å²) in [5, 5.41) is 0.562. The number of carbonyl (C=O) groups excluding carboxylic acids is 2. The Labute approximate surface area is 222 Å². The standard InChI is InChI=1S/C27H19ClN2O2S3/c28-19-13-14-23-21(17-19)30(20-10-4-5-11-22(20)34-23)25(31)15-16-29-26(32)24(35-27(29)33)12-6-9-18-7-2-1-3-8-18/h1-14,17H,15-16H2/b9-6+,24-12-. The molecule has 4 nitrogen and oxygen atoms in total. The van der Waals surface area contributed by atoms with Crippen LogP contribution in [0.15, 0.2) is 99.6 Å². The second-order valence-corrected chi connectivity index (χ2v) is 11.0. The average Bonchev–Trinajstić information content (AvgIpc) is 3.13. The van der Waals surface area contributed by atoms with Gasteiger partial charge in [0.2, 0.25) is 5.91 Å².